The molecule has 0 aromatic heterocycles. The molecule has 4 rings (SSSR count). The van der Waals surface area contributed by atoms with Gasteiger partial charge in [-0.25, -0.2) is 4.79 Å². The Morgan fingerprint density at radius 3 is 2.53 bits per heavy atom. The zero-order valence-corrected chi connectivity index (χ0v) is 21.5. The van der Waals surface area contributed by atoms with Crippen molar-refractivity contribution in [3.8, 4) is 0 Å². The van der Waals surface area contributed by atoms with E-state index in [2.05, 4.69) is 0 Å². The highest BCUT2D eigenvalue weighted by Crippen LogP contribution is 2.44. The molecule has 7 atom stereocenters. The van der Waals surface area contributed by atoms with Crippen LogP contribution in [0.2, 0.25) is 0 Å². The van der Waals surface area contributed by atoms with Crippen LogP contribution in [0.15, 0.2) is 42.5 Å². The van der Waals surface area contributed by atoms with Crippen LogP contribution in [0.3, 0.4) is 0 Å². The molecular weight excluding hydrogens is 468 g/mol. The minimum absolute atomic E-state index is 0.111. The molecule has 0 bridgehead atoms. The number of carbonyl (C=O) groups excluding carboxylic acids is 1. The molecule has 3 heterocycles. The van der Waals surface area contributed by atoms with E-state index in [-0.39, 0.29) is 49.4 Å². The van der Waals surface area contributed by atoms with Crippen molar-refractivity contribution in [1.82, 2.24) is 0 Å². The van der Waals surface area contributed by atoms with Gasteiger partial charge < -0.3 is 37.9 Å². The number of rotatable bonds is 12. The highest BCUT2D eigenvalue weighted by molar-refractivity contribution is 5.81. The van der Waals surface area contributed by atoms with E-state index in [1.54, 1.807) is 20.1 Å². The van der Waals surface area contributed by atoms with E-state index in [1.165, 1.54) is 6.08 Å². The molecule has 3 aliphatic rings. The molecule has 3 aliphatic heterocycles. The Kier molecular flexibility index (Phi) is 9.52. The zero-order valence-electron chi connectivity index (χ0n) is 21.5. The fourth-order valence-electron chi connectivity index (χ4n) is 5.03. The smallest absolute Gasteiger partial charge is 0.330 e. The minimum atomic E-state index is -0.763. The van der Waals surface area contributed by atoms with Crippen LogP contribution >= 0.6 is 0 Å². The van der Waals surface area contributed by atoms with E-state index in [0.29, 0.717) is 32.7 Å². The number of fused-ring (bicyclic) bond motifs is 3. The Hall–Kier alpha value is -1.85. The molecule has 3 fully saturated rings. The monoisotopic (exact) mass is 506 g/mol. The third-order valence-electron chi connectivity index (χ3n) is 6.46. The average molecular weight is 507 g/mol. The Balaban J connectivity index is 1.44. The van der Waals surface area contributed by atoms with Crippen molar-refractivity contribution in [2.45, 2.75) is 88.7 Å². The summed E-state index contributed by atoms with van der Waals surface area (Å²) in [5, 5.41) is 0. The summed E-state index contributed by atoms with van der Waals surface area (Å²) in [5.74, 6) is -1.11. The molecule has 36 heavy (non-hydrogen) atoms. The van der Waals surface area contributed by atoms with Crippen molar-refractivity contribution < 1.29 is 42.7 Å². The van der Waals surface area contributed by atoms with E-state index in [0.717, 1.165) is 5.56 Å². The number of hydrogen-bond acceptors (Lipinski definition) is 9. The van der Waals surface area contributed by atoms with E-state index in [9.17, 15) is 4.79 Å². The van der Waals surface area contributed by atoms with Gasteiger partial charge in [-0.2, -0.15) is 0 Å². The van der Waals surface area contributed by atoms with Gasteiger partial charge in [-0.05, 0) is 39.2 Å². The summed E-state index contributed by atoms with van der Waals surface area (Å²) in [6.07, 6.45) is 2.17. The largest absolute Gasteiger partial charge is 0.463 e. The fourth-order valence-corrected chi connectivity index (χ4v) is 5.03. The molecule has 0 N–H and O–H groups in total. The Labute approximate surface area is 212 Å². The predicted molar refractivity (Wildman–Crippen MR) is 129 cm³/mol. The highest BCUT2D eigenvalue weighted by atomic mass is 16.8. The molecule has 3 saturated heterocycles. The standard InChI is InChI=1S/C27H38O9/c1-5-31-21(28)14-10-9-13-19-23-26(36-27(2,3)35-23)25-24(33-19)22(32-17-29-4)20(34-25)16-30-15-18-11-7-6-8-12-18/h6-8,10-12,14,19-20,22-26H,5,9,13,15-17H2,1-4H3/b14-10+/t19-,20+,22-,23-,24-,25+,26-/m0/s1. The highest BCUT2D eigenvalue weighted by Gasteiger charge is 2.61. The van der Waals surface area contributed by atoms with Crippen LogP contribution in [0, 0.1) is 0 Å². The maximum atomic E-state index is 11.6. The van der Waals surface area contributed by atoms with Crippen LogP contribution in [-0.2, 0) is 49.3 Å². The van der Waals surface area contributed by atoms with Crippen molar-refractivity contribution in [2.75, 3.05) is 27.1 Å². The first-order valence-corrected chi connectivity index (χ1v) is 12.6. The van der Waals surface area contributed by atoms with Crippen molar-refractivity contribution in [3.05, 3.63) is 48.0 Å². The lowest BCUT2D eigenvalue weighted by atomic mass is 9.91. The lowest BCUT2D eigenvalue weighted by Crippen LogP contribution is -2.57. The number of carbonyl (C=O) groups is 1. The van der Waals surface area contributed by atoms with Crippen LogP contribution in [0.4, 0.5) is 0 Å². The number of benzene rings is 1. The summed E-state index contributed by atoms with van der Waals surface area (Å²) in [6, 6.07) is 9.99. The molecule has 9 nitrogen and oxygen atoms in total. The van der Waals surface area contributed by atoms with Gasteiger partial charge in [0, 0.05) is 13.2 Å². The Morgan fingerprint density at radius 2 is 1.78 bits per heavy atom. The number of hydrogen-bond donors (Lipinski definition) is 0. The number of ether oxygens (including phenoxy) is 8. The summed E-state index contributed by atoms with van der Waals surface area (Å²) in [5.41, 5.74) is 1.09. The first-order chi connectivity index (χ1) is 17.4. The zero-order chi connectivity index (χ0) is 25.5. The number of methoxy groups -OCH3 is 1. The topological polar surface area (TPSA) is 90.9 Å². The van der Waals surface area contributed by atoms with E-state index in [1.807, 2.05) is 44.2 Å². The summed E-state index contributed by atoms with van der Waals surface area (Å²) >= 11 is 0. The number of allylic oxidation sites excluding steroid dienone is 1. The maximum absolute atomic E-state index is 11.6. The Bertz CT molecular complexity index is 858. The van der Waals surface area contributed by atoms with E-state index in [4.69, 9.17) is 37.9 Å². The van der Waals surface area contributed by atoms with E-state index < -0.39 is 11.9 Å². The molecule has 0 spiro atoms. The summed E-state index contributed by atoms with van der Waals surface area (Å²) in [6.45, 7) is 6.85. The molecule has 200 valence electrons. The van der Waals surface area contributed by atoms with Gasteiger partial charge >= 0.3 is 5.97 Å². The SMILES string of the molecule is CCOC(=O)/C=C/CC[C@@H]1O[C@@H]2[C@@H](O[C@H](COCc3ccccc3)[C@@H]2OCOC)[C@H]2OC(C)(C)O[C@H]21. The fraction of sp³-hybridized carbons (Fsp3) is 0.667. The molecule has 1 aromatic rings. The number of esters is 1. The van der Waals surface area contributed by atoms with Gasteiger partial charge in [-0.15, -0.1) is 0 Å². The van der Waals surface area contributed by atoms with Crippen LogP contribution in [0.1, 0.15) is 39.2 Å². The third kappa shape index (κ3) is 6.72. The normalized spacial score (nSPS) is 32.9. The van der Waals surface area contributed by atoms with Gasteiger partial charge in [0.1, 0.15) is 43.4 Å². The van der Waals surface area contributed by atoms with Crippen molar-refractivity contribution >= 4 is 5.97 Å². The second kappa shape index (κ2) is 12.6. The van der Waals surface area contributed by atoms with Gasteiger partial charge in [0.15, 0.2) is 5.79 Å². The first-order valence-electron chi connectivity index (χ1n) is 12.6. The maximum Gasteiger partial charge on any atom is 0.330 e. The lowest BCUT2D eigenvalue weighted by molar-refractivity contribution is -0.194. The van der Waals surface area contributed by atoms with Crippen LogP contribution in [0.5, 0.6) is 0 Å². The summed E-state index contributed by atoms with van der Waals surface area (Å²) < 4.78 is 47.7. The van der Waals surface area contributed by atoms with Crippen LogP contribution in [-0.4, -0.2) is 81.6 Å². The van der Waals surface area contributed by atoms with E-state index >= 15 is 0 Å². The summed E-state index contributed by atoms with van der Waals surface area (Å²) in [4.78, 5) is 11.6. The first kappa shape index (κ1) is 27.2. The molecule has 9 heteroatoms. The van der Waals surface area contributed by atoms with Crippen LogP contribution < -0.4 is 0 Å². The molecule has 0 amide bonds. The van der Waals surface area contributed by atoms with Gasteiger partial charge in [0.2, 0.25) is 0 Å². The van der Waals surface area contributed by atoms with Gasteiger partial charge in [0.25, 0.3) is 0 Å². The van der Waals surface area contributed by atoms with Gasteiger partial charge in [-0.1, -0.05) is 36.4 Å². The second-order valence-corrected chi connectivity index (χ2v) is 9.61. The van der Waals surface area contributed by atoms with Gasteiger partial charge in [0.05, 0.1) is 25.9 Å². The quantitative estimate of drug-likeness (QED) is 0.241. The lowest BCUT2D eigenvalue weighted by Gasteiger charge is -2.39. The molecular formula is C27H38O9. The molecule has 0 radical (unpaired) electrons. The molecule has 0 aliphatic carbocycles. The third-order valence-corrected chi connectivity index (χ3v) is 6.46. The van der Waals surface area contributed by atoms with Gasteiger partial charge in [-0.3, -0.25) is 0 Å². The predicted octanol–water partition coefficient (Wildman–Crippen LogP) is 3.15. The van der Waals surface area contributed by atoms with Crippen LogP contribution in [0.25, 0.3) is 0 Å². The average Bonchev–Trinajstić information content (AvgIpc) is 3.37. The molecule has 0 unspecified atom stereocenters. The Morgan fingerprint density at radius 1 is 1.03 bits per heavy atom. The molecule has 0 saturated carbocycles. The second-order valence-electron chi connectivity index (χ2n) is 9.61. The minimum Gasteiger partial charge on any atom is -0.463 e. The summed E-state index contributed by atoms with van der Waals surface area (Å²) in [7, 11) is 1.58. The molecule has 1 aromatic carbocycles. The van der Waals surface area contributed by atoms with Crippen molar-refractivity contribution in [2.24, 2.45) is 0 Å². The van der Waals surface area contributed by atoms with Crippen molar-refractivity contribution in [1.29, 1.82) is 0 Å². The van der Waals surface area contributed by atoms with Crippen molar-refractivity contribution in [3.63, 3.8) is 0 Å².